The molecule has 0 saturated heterocycles. The first-order chi connectivity index (χ1) is 10.1. The third kappa shape index (κ3) is 2.68. The number of carbonyl (C=O) groups is 1. The van der Waals surface area contributed by atoms with Crippen molar-refractivity contribution < 1.29 is 9.90 Å². The molecule has 0 bridgehead atoms. The lowest BCUT2D eigenvalue weighted by Gasteiger charge is -2.00. The van der Waals surface area contributed by atoms with E-state index in [1.807, 2.05) is 43.3 Å². The number of carboxylic acid groups (broad SMARTS) is 1. The van der Waals surface area contributed by atoms with Gasteiger partial charge in [0.2, 0.25) is 0 Å². The summed E-state index contributed by atoms with van der Waals surface area (Å²) in [4.78, 5) is 20.2. The van der Waals surface area contributed by atoms with Crippen molar-refractivity contribution in [2.45, 2.75) is 6.92 Å². The second kappa shape index (κ2) is 5.46. The van der Waals surface area contributed by atoms with E-state index in [-0.39, 0.29) is 4.88 Å². The predicted octanol–water partition coefficient (Wildman–Crippen LogP) is 3.88. The highest BCUT2D eigenvalue weighted by Crippen LogP contribution is 2.33. The molecule has 0 fully saturated rings. The number of aromatic nitrogens is 2. The van der Waals surface area contributed by atoms with Gasteiger partial charge in [0.15, 0.2) is 0 Å². The van der Waals surface area contributed by atoms with E-state index < -0.39 is 5.97 Å². The average molecular weight is 296 g/mol. The maximum atomic E-state index is 11.5. The summed E-state index contributed by atoms with van der Waals surface area (Å²) in [5.74, 6) is -0.954. The first-order valence-electron chi connectivity index (χ1n) is 6.36. The van der Waals surface area contributed by atoms with Gasteiger partial charge in [0.25, 0.3) is 0 Å². The maximum Gasteiger partial charge on any atom is 0.348 e. The number of pyridine rings is 1. The van der Waals surface area contributed by atoms with E-state index in [2.05, 4.69) is 9.97 Å². The molecule has 0 spiro atoms. The van der Waals surface area contributed by atoms with Gasteiger partial charge >= 0.3 is 5.97 Å². The SMILES string of the molecule is Cc1cccc(-c2nc(-c3ccncc3)sc2C(=O)O)c1. The molecular formula is C16H12N2O2S. The van der Waals surface area contributed by atoms with Crippen LogP contribution in [-0.2, 0) is 0 Å². The Bertz CT molecular complexity index is 797. The molecule has 3 aromatic rings. The zero-order valence-corrected chi connectivity index (χ0v) is 12.1. The van der Waals surface area contributed by atoms with Crippen molar-refractivity contribution >= 4 is 17.3 Å². The van der Waals surface area contributed by atoms with Crippen molar-refractivity contribution in [3.63, 3.8) is 0 Å². The van der Waals surface area contributed by atoms with Crippen LogP contribution in [0.4, 0.5) is 0 Å². The van der Waals surface area contributed by atoms with Crippen LogP contribution in [-0.4, -0.2) is 21.0 Å². The molecule has 0 aliphatic rings. The lowest BCUT2D eigenvalue weighted by Crippen LogP contribution is -1.95. The van der Waals surface area contributed by atoms with E-state index >= 15 is 0 Å². The summed E-state index contributed by atoms with van der Waals surface area (Å²) in [6, 6.07) is 11.3. The third-order valence-electron chi connectivity index (χ3n) is 3.04. The van der Waals surface area contributed by atoms with Crippen molar-refractivity contribution in [2.24, 2.45) is 0 Å². The van der Waals surface area contributed by atoms with Crippen LogP contribution in [0.3, 0.4) is 0 Å². The van der Waals surface area contributed by atoms with Crippen molar-refractivity contribution in [3.8, 4) is 21.8 Å². The van der Waals surface area contributed by atoms with Crippen LogP contribution in [0.1, 0.15) is 15.2 Å². The summed E-state index contributed by atoms with van der Waals surface area (Å²) in [6.07, 6.45) is 3.34. The van der Waals surface area contributed by atoms with Gasteiger partial charge in [-0.2, -0.15) is 0 Å². The van der Waals surface area contributed by atoms with E-state index in [4.69, 9.17) is 0 Å². The van der Waals surface area contributed by atoms with Crippen LogP contribution in [0.2, 0.25) is 0 Å². The van der Waals surface area contributed by atoms with Crippen molar-refractivity contribution in [1.29, 1.82) is 0 Å². The summed E-state index contributed by atoms with van der Waals surface area (Å²) in [7, 11) is 0. The fourth-order valence-corrected chi connectivity index (χ4v) is 3.00. The molecule has 21 heavy (non-hydrogen) atoms. The third-order valence-corrected chi connectivity index (χ3v) is 4.13. The molecule has 2 heterocycles. The number of rotatable bonds is 3. The maximum absolute atomic E-state index is 11.5. The smallest absolute Gasteiger partial charge is 0.348 e. The van der Waals surface area contributed by atoms with Crippen LogP contribution in [0.5, 0.6) is 0 Å². The summed E-state index contributed by atoms with van der Waals surface area (Å²) >= 11 is 1.18. The topological polar surface area (TPSA) is 63.1 Å². The Hall–Kier alpha value is -2.53. The number of aryl methyl sites for hydroxylation is 1. The van der Waals surface area contributed by atoms with E-state index in [9.17, 15) is 9.90 Å². The van der Waals surface area contributed by atoms with Crippen molar-refractivity contribution in [3.05, 3.63) is 59.2 Å². The molecule has 2 aromatic heterocycles. The molecule has 0 saturated carbocycles. The zero-order valence-electron chi connectivity index (χ0n) is 11.3. The second-order valence-electron chi connectivity index (χ2n) is 4.61. The number of thiazole rings is 1. The molecular weight excluding hydrogens is 284 g/mol. The number of nitrogens with zero attached hydrogens (tertiary/aromatic N) is 2. The molecule has 1 aromatic carbocycles. The molecule has 0 unspecified atom stereocenters. The molecule has 1 N–H and O–H groups in total. The molecule has 0 radical (unpaired) electrons. The minimum absolute atomic E-state index is 0.257. The van der Waals surface area contributed by atoms with Gasteiger partial charge in [-0.1, -0.05) is 23.8 Å². The molecule has 3 rings (SSSR count). The fraction of sp³-hybridized carbons (Fsp3) is 0.0625. The van der Waals surface area contributed by atoms with E-state index in [1.165, 1.54) is 11.3 Å². The standard InChI is InChI=1S/C16H12N2O2S/c1-10-3-2-4-12(9-10)13-14(16(19)20)21-15(18-13)11-5-7-17-8-6-11/h2-9H,1H3,(H,19,20). The molecule has 0 aliphatic heterocycles. The number of hydrogen-bond donors (Lipinski definition) is 1. The average Bonchev–Trinajstić information content (AvgIpc) is 2.93. The number of benzene rings is 1. The van der Waals surface area contributed by atoms with Gasteiger partial charge in [-0.3, -0.25) is 4.98 Å². The highest BCUT2D eigenvalue weighted by Gasteiger charge is 2.19. The Labute approximate surface area is 125 Å². The number of hydrogen-bond acceptors (Lipinski definition) is 4. The largest absolute Gasteiger partial charge is 0.477 e. The van der Waals surface area contributed by atoms with Gasteiger partial charge in [-0.15, -0.1) is 11.3 Å². The predicted molar refractivity (Wildman–Crippen MR) is 82.5 cm³/mol. The first kappa shape index (κ1) is 13.5. The van der Waals surface area contributed by atoms with Crippen LogP contribution in [0.25, 0.3) is 21.8 Å². The number of carboxylic acids is 1. The van der Waals surface area contributed by atoms with Crippen LogP contribution < -0.4 is 0 Å². The highest BCUT2D eigenvalue weighted by molar-refractivity contribution is 7.17. The van der Waals surface area contributed by atoms with E-state index in [1.54, 1.807) is 12.4 Å². The Balaban J connectivity index is 2.16. The summed E-state index contributed by atoms with van der Waals surface area (Å²) in [6.45, 7) is 1.97. The van der Waals surface area contributed by atoms with Crippen molar-refractivity contribution in [2.75, 3.05) is 0 Å². The minimum Gasteiger partial charge on any atom is -0.477 e. The van der Waals surface area contributed by atoms with Gasteiger partial charge in [0.1, 0.15) is 9.88 Å². The van der Waals surface area contributed by atoms with Gasteiger partial charge < -0.3 is 5.11 Å². The van der Waals surface area contributed by atoms with Crippen LogP contribution in [0, 0.1) is 6.92 Å². The van der Waals surface area contributed by atoms with Crippen molar-refractivity contribution in [1.82, 2.24) is 9.97 Å². The zero-order chi connectivity index (χ0) is 14.8. The Morgan fingerprint density at radius 1 is 1.14 bits per heavy atom. The van der Waals surface area contributed by atoms with Crippen LogP contribution in [0.15, 0.2) is 48.8 Å². The Morgan fingerprint density at radius 2 is 1.90 bits per heavy atom. The lowest BCUT2D eigenvalue weighted by atomic mass is 10.1. The Kier molecular flexibility index (Phi) is 3.50. The van der Waals surface area contributed by atoms with Gasteiger partial charge in [0.05, 0.1) is 5.69 Å². The van der Waals surface area contributed by atoms with Gasteiger partial charge in [0, 0.05) is 23.5 Å². The minimum atomic E-state index is -0.954. The second-order valence-corrected chi connectivity index (χ2v) is 5.61. The fourth-order valence-electron chi connectivity index (χ4n) is 2.07. The molecule has 104 valence electrons. The summed E-state index contributed by atoms with van der Waals surface area (Å²) in [5, 5.41) is 10.1. The Morgan fingerprint density at radius 3 is 2.57 bits per heavy atom. The number of aromatic carboxylic acids is 1. The molecule has 4 nitrogen and oxygen atoms in total. The van der Waals surface area contributed by atoms with Gasteiger partial charge in [-0.25, -0.2) is 9.78 Å². The molecule has 0 aliphatic carbocycles. The monoisotopic (exact) mass is 296 g/mol. The molecule has 0 atom stereocenters. The summed E-state index contributed by atoms with van der Waals surface area (Å²) < 4.78 is 0. The van der Waals surface area contributed by atoms with Crippen LogP contribution >= 0.6 is 11.3 Å². The normalized spacial score (nSPS) is 10.5. The van der Waals surface area contributed by atoms with Gasteiger partial charge in [-0.05, 0) is 25.1 Å². The quantitative estimate of drug-likeness (QED) is 0.796. The highest BCUT2D eigenvalue weighted by atomic mass is 32.1. The van der Waals surface area contributed by atoms with E-state index in [0.29, 0.717) is 10.7 Å². The molecule has 0 amide bonds. The summed E-state index contributed by atoms with van der Waals surface area (Å²) in [5.41, 5.74) is 3.28. The molecule has 5 heteroatoms. The van der Waals surface area contributed by atoms with E-state index in [0.717, 1.165) is 16.7 Å². The first-order valence-corrected chi connectivity index (χ1v) is 7.18. The lowest BCUT2D eigenvalue weighted by molar-refractivity contribution is 0.0702.